The van der Waals surface area contributed by atoms with Crippen molar-refractivity contribution >= 4 is 17.0 Å². The van der Waals surface area contributed by atoms with E-state index in [1.54, 1.807) is 18.2 Å². The number of aliphatic hydroxyl groups is 1. The summed E-state index contributed by atoms with van der Waals surface area (Å²) >= 11 is 0. The van der Waals surface area contributed by atoms with Crippen molar-refractivity contribution in [3.05, 3.63) is 29.6 Å². The number of aromatic nitrogens is 2. The fourth-order valence-electron chi connectivity index (χ4n) is 3.51. The number of aromatic carboxylic acids is 1. The van der Waals surface area contributed by atoms with Crippen LogP contribution in [0.4, 0.5) is 0 Å². The lowest BCUT2D eigenvalue weighted by atomic mass is 9.84. The minimum Gasteiger partial charge on any atom is -0.478 e. The number of imidazole rings is 1. The third-order valence-corrected chi connectivity index (χ3v) is 4.55. The van der Waals surface area contributed by atoms with E-state index in [1.165, 1.54) is 0 Å². The van der Waals surface area contributed by atoms with Crippen LogP contribution in [0.3, 0.4) is 0 Å². The Morgan fingerprint density at radius 3 is 2.86 bits per heavy atom. The minimum absolute atomic E-state index is 0.169. The standard InChI is InChI=1S/C16H20N2O3/c1-10-17-13-7-6-11(16(20)21)8-15(13)18(10)14-5-3-2-4-12(14)9-19/h6-8,12,14,19H,2-5,9H2,1H3,(H,20,21). The summed E-state index contributed by atoms with van der Waals surface area (Å²) in [5, 5.41) is 18.8. The number of nitrogens with zero attached hydrogens (tertiary/aromatic N) is 2. The highest BCUT2D eigenvalue weighted by molar-refractivity contribution is 5.92. The first-order valence-electron chi connectivity index (χ1n) is 7.44. The van der Waals surface area contributed by atoms with E-state index in [4.69, 9.17) is 0 Å². The summed E-state index contributed by atoms with van der Waals surface area (Å²) in [4.78, 5) is 15.7. The van der Waals surface area contributed by atoms with Gasteiger partial charge in [0.25, 0.3) is 0 Å². The fraction of sp³-hybridized carbons (Fsp3) is 0.500. The lowest BCUT2D eigenvalue weighted by Crippen LogP contribution is -2.26. The summed E-state index contributed by atoms with van der Waals surface area (Å²) in [6.07, 6.45) is 4.31. The summed E-state index contributed by atoms with van der Waals surface area (Å²) in [6, 6.07) is 5.25. The van der Waals surface area contributed by atoms with Crippen LogP contribution in [0.25, 0.3) is 11.0 Å². The van der Waals surface area contributed by atoms with E-state index in [2.05, 4.69) is 9.55 Å². The Morgan fingerprint density at radius 2 is 2.14 bits per heavy atom. The molecule has 3 rings (SSSR count). The molecule has 2 atom stereocenters. The van der Waals surface area contributed by atoms with Crippen LogP contribution in [0.2, 0.25) is 0 Å². The average Bonchev–Trinajstić information content (AvgIpc) is 2.81. The molecule has 5 heteroatoms. The number of benzene rings is 1. The van der Waals surface area contributed by atoms with Crippen LogP contribution >= 0.6 is 0 Å². The summed E-state index contributed by atoms with van der Waals surface area (Å²) in [7, 11) is 0. The molecule has 0 spiro atoms. The topological polar surface area (TPSA) is 75.3 Å². The predicted octanol–water partition coefficient (Wildman–Crippen LogP) is 2.77. The Kier molecular flexibility index (Phi) is 3.68. The van der Waals surface area contributed by atoms with E-state index >= 15 is 0 Å². The zero-order valence-electron chi connectivity index (χ0n) is 12.1. The Balaban J connectivity index is 2.13. The van der Waals surface area contributed by atoms with Crippen molar-refractivity contribution in [1.82, 2.24) is 9.55 Å². The predicted molar refractivity (Wildman–Crippen MR) is 79.5 cm³/mol. The maximum absolute atomic E-state index is 11.2. The number of carbonyl (C=O) groups is 1. The largest absolute Gasteiger partial charge is 0.478 e. The molecule has 5 nitrogen and oxygen atoms in total. The van der Waals surface area contributed by atoms with Crippen LogP contribution in [0.1, 0.15) is 47.9 Å². The molecule has 2 N–H and O–H groups in total. The van der Waals surface area contributed by atoms with Crippen LogP contribution < -0.4 is 0 Å². The Bertz CT molecular complexity index is 677. The van der Waals surface area contributed by atoms with Crippen LogP contribution in [-0.2, 0) is 0 Å². The number of rotatable bonds is 3. The molecule has 0 amide bonds. The van der Waals surface area contributed by atoms with Crippen molar-refractivity contribution in [2.75, 3.05) is 6.61 Å². The number of carboxylic acid groups (broad SMARTS) is 1. The normalized spacial score (nSPS) is 22.6. The molecule has 1 aromatic heterocycles. The molecule has 112 valence electrons. The first-order chi connectivity index (χ1) is 10.1. The summed E-state index contributed by atoms with van der Waals surface area (Å²) < 4.78 is 2.13. The van der Waals surface area contributed by atoms with Gasteiger partial charge in [-0.3, -0.25) is 0 Å². The average molecular weight is 288 g/mol. The van der Waals surface area contributed by atoms with Gasteiger partial charge in [-0.2, -0.15) is 0 Å². The molecule has 1 aliphatic rings. The Labute approximate surface area is 123 Å². The molecule has 2 unspecified atom stereocenters. The molecule has 21 heavy (non-hydrogen) atoms. The van der Waals surface area contributed by atoms with Crippen molar-refractivity contribution < 1.29 is 15.0 Å². The molecular formula is C16H20N2O3. The van der Waals surface area contributed by atoms with E-state index in [9.17, 15) is 15.0 Å². The first kappa shape index (κ1) is 14.1. The monoisotopic (exact) mass is 288 g/mol. The summed E-state index contributed by atoms with van der Waals surface area (Å²) in [5.74, 6) is 0.186. The minimum atomic E-state index is -0.926. The second-order valence-corrected chi connectivity index (χ2v) is 5.83. The molecule has 0 bridgehead atoms. The third-order valence-electron chi connectivity index (χ3n) is 4.55. The second-order valence-electron chi connectivity index (χ2n) is 5.83. The molecule has 1 saturated carbocycles. The SMILES string of the molecule is Cc1nc2ccc(C(=O)O)cc2n1C1CCCCC1CO. The number of carboxylic acids is 1. The van der Waals surface area contributed by atoms with Gasteiger partial charge in [0.15, 0.2) is 0 Å². The number of aliphatic hydroxyl groups excluding tert-OH is 1. The number of hydrogen-bond donors (Lipinski definition) is 2. The number of fused-ring (bicyclic) bond motifs is 1. The van der Waals surface area contributed by atoms with Gasteiger partial charge in [0.1, 0.15) is 5.82 Å². The van der Waals surface area contributed by atoms with Crippen LogP contribution in [0.15, 0.2) is 18.2 Å². The Morgan fingerprint density at radius 1 is 1.38 bits per heavy atom. The quantitative estimate of drug-likeness (QED) is 0.910. The highest BCUT2D eigenvalue weighted by Gasteiger charge is 2.28. The van der Waals surface area contributed by atoms with E-state index in [0.29, 0.717) is 0 Å². The maximum Gasteiger partial charge on any atom is 0.335 e. The van der Waals surface area contributed by atoms with Crippen molar-refractivity contribution in [2.24, 2.45) is 5.92 Å². The first-order valence-corrected chi connectivity index (χ1v) is 7.44. The molecule has 0 radical (unpaired) electrons. The van der Waals surface area contributed by atoms with Gasteiger partial charge in [0.2, 0.25) is 0 Å². The van der Waals surface area contributed by atoms with Gasteiger partial charge in [-0.05, 0) is 38.0 Å². The highest BCUT2D eigenvalue weighted by Crippen LogP contribution is 2.36. The van der Waals surface area contributed by atoms with Crippen molar-refractivity contribution in [2.45, 2.75) is 38.6 Å². The van der Waals surface area contributed by atoms with Crippen molar-refractivity contribution in [3.63, 3.8) is 0 Å². The maximum atomic E-state index is 11.2. The van der Waals surface area contributed by atoms with Crippen molar-refractivity contribution in [3.8, 4) is 0 Å². The van der Waals surface area contributed by atoms with E-state index in [-0.39, 0.29) is 24.1 Å². The van der Waals surface area contributed by atoms with Crippen LogP contribution in [0.5, 0.6) is 0 Å². The molecule has 0 saturated heterocycles. The van der Waals surface area contributed by atoms with Gasteiger partial charge in [0.05, 0.1) is 16.6 Å². The molecule has 1 aliphatic carbocycles. The van der Waals surface area contributed by atoms with Gasteiger partial charge in [-0.25, -0.2) is 9.78 Å². The van der Waals surface area contributed by atoms with Gasteiger partial charge in [-0.1, -0.05) is 12.8 Å². The number of hydrogen-bond acceptors (Lipinski definition) is 3. The van der Waals surface area contributed by atoms with Gasteiger partial charge >= 0.3 is 5.97 Å². The van der Waals surface area contributed by atoms with Crippen LogP contribution in [-0.4, -0.2) is 32.3 Å². The summed E-state index contributed by atoms with van der Waals surface area (Å²) in [5.41, 5.74) is 1.96. The third kappa shape index (κ3) is 2.42. The number of aryl methyl sites for hydroxylation is 1. The molecular weight excluding hydrogens is 268 g/mol. The lowest BCUT2D eigenvalue weighted by Gasteiger charge is -2.32. The molecule has 1 aromatic carbocycles. The second kappa shape index (κ2) is 5.48. The zero-order valence-corrected chi connectivity index (χ0v) is 12.1. The lowest BCUT2D eigenvalue weighted by molar-refractivity contribution is 0.0697. The molecule has 2 aromatic rings. The molecule has 1 fully saturated rings. The Hall–Kier alpha value is -1.88. The summed E-state index contributed by atoms with van der Waals surface area (Å²) in [6.45, 7) is 2.12. The van der Waals surface area contributed by atoms with Gasteiger partial charge < -0.3 is 14.8 Å². The highest BCUT2D eigenvalue weighted by atomic mass is 16.4. The molecule has 0 aliphatic heterocycles. The fourth-order valence-corrected chi connectivity index (χ4v) is 3.51. The van der Waals surface area contributed by atoms with E-state index < -0.39 is 5.97 Å². The van der Waals surface area contributed by atoms with E-state index in [0.717, 1.165) is 42.5 Å². The van der Waals surface area contributed by atoms with Crippen LogP contribution in [0, 0.1) is 12.8 Å². The smallest absolute Gasteiger partial charge is 0.335 e. The van der Waals surface area contributed by atoms with Gasteiger partial charge in [0, 0.05) is 18.6 Å². The van der Waals surface area contributed by atoms with Crippen molar-refractivity contribution in [1.29, 1.82) is 0 Å². The van der Waals surface area contributed by atoms with Gasteiger partial charge in [-0.15, -0.1) is 0 Å². The van der Waals surface area contributed by atoms with E-state index in [1.807, 2.05) is 6.92 Å². The molecule has 1 heterocycles. The zero-order chi connectivity index (χ0) is 15.0.